The first-order valence-corrected chi connectivity index (χ1v) is 9.09. The Morgan fingerprint density at radius 3 is 2.54 bits per heavy atom. The van der Waals surface area contributed by atoms with E-state index in [-0.39, 0.29) is 29.1 Å². The predicted molar refractivity (Wildman–Crippen MR) is 96.3 cm³/mol. The summed E-state index contributed by atoms with van der Waals surface area (Å²) in [5.41, 5.74) is -0.200. The highest BCUT2D eigenvalue weighted by Crippen LogP contribution is 2.23. The van der Waals surface area contributed by atoms with Crippen LogP contribution in [0.1, 0.15) is 15.9 Å². The number of rotatable bonds is 8. The first-order chi connectivity index (χ1) is 12.3. The summed E-state index contributed by atoms with van der Waals surface area (Å²) < 4.78 is 32.1. The minimum absolute atomic E-state index is 0.0177. The van der Waals surface area contributed by atoms with E-state index in [1.165, 1.54) is 42.5 Å². The first-order valence-electron chi connectivity index (χ1n) is 7.44. The van der Waals surface area contributed by atoms with Gasteiger partial charge in [0, 0.05) is 11.6 Å². The van der Waals surface area contributed by atoms with Gasteiger partial charge in [-0.15, -0.1) is 0 Å². The SMILES string of the molecule is C=CCOC(=O)c1ccccc1NS(=O)(=O)Cc1ccccc1[N+](=O)[O-]. The molecule has 0 aliphatic rings. The van der Waals surface area contributed by atoms with Gasteiger partial charge in [0.15, 0.2) is 0 Å². The molecular formula is C17H16N2O6S. The van der Waals surface area contributed by atoms with Crippen LogP contribution in [-0.2, 0) is 20.5 Å². The maximum atomic E-state index is 12.4. The normalized spacial score (nSPS) is 10.8. The summed E-state index contributed by atoms with van der Waals surface area (Å²) in [6, 6.07) is 11.5. The molecule has 0 aliphatic heterocycles. The third-order valence-corrected chi connectivity index (χ3v) is 4.50. The van der Waals surface area contributed by atoms with Gasteiger partial charge in [0.25, 0.3) is 5.69 Å². The summed E-state index contributed by atoms with van der Waals surface area (Å²) >= 11 is 0. The fourth-order valence-corrected chi connectivity index (χ4v) is 3.42. The fraction of sp³-hybridized carbons (Fsp3) is 0.118. The lowest BCUT2D eigenvalue weighted by molar-refractivity contribution is -0.385. The van der Waals surface area contributed by atoms with E-state index < -0.39 is 26.7 Å². The van der Waals surface area contributed by atoms with Gasteiger partial charge in [0.1, 0.15) is 12.4 Å². The molecule has 0 aliphatic carbocycles. The lowest BCUT2D eigenvalue weighted by atomic mass is 10.2. The van der Waals surface area contributed by atoms with Gasteiger partial charge in [-0.3, -0.25) is 14.8 Å². The van der Waals surface area contributed by atoms with E-state index >= 15 is 0 Å². The highest BCUT2D eigenvalue weighted by molar-refractivity contribution is 7.91. The third-order valence-electron chi connectivity index (χ3n) is 3.28. The summed E-state index contributed by atoms with van der Waals surface area (Å²) in [5, 5.41) is 11.0. The Morgan fingerprint density at radius 1 is 1.19 bits per heavy atom. The zero-order chi connectivity index (χ0) is 19.2. The quantitative estimate of drug-likeness (QED) is 0.328. The van der Waals surface area contributed by atoms with E-state index in [1.807, 2.05) is 0 Å². The molecule has 26 heavy (non-hydrogen) atoms. The zero-order valence-corrected chi connectivity index (χ0v) is 14.4. The van der Waals surface area contributed by atoms with Crippen LogP contribution in [0.2, 0.25) is 0 Å². The van der Waals surface area contributed by atoms with Crippen LogP contribution in [0, 0.1) is 10.1 Å². The van der Waals surface area contributed by atoms with Crippen LogP contribution in [0.25, 0.3) is 0 Å². The van der Waals surface area contributed by atoms with Gasteiger partial charge in [-0.2, -0.15) is 0 Å². The number of sulfonamides is 1. The number of nitro benzene ring substituents is 1. The second-order valence-corrected chi connectivity index (χ2v) is 6.90. The first kappa shape index (κ1) is 19.1. The molecule has 0 spiro atoms. The Morgan fingerprint density at radius 2 is 1.85 bits per heavy atom. The van der Waals surface area contributed by atoms with Crippen LogP contribution >= 0.6 is 0 Å². The standard InChI is InChI=1S/C17H16N2O6S/c1-2-11-25-17(20)14-8-4-5-9-15(14)18-26(23,24)12-13-7-3-6-10-16(13)19(21)22/h2-10,18H,1,11-12H2. The topological polar surface area (TPSA) is 116 Å². The Labute approximate surface area is 150 Å². The summed E-state index contributed by atoms with van der Waals surface area (Å²) in [5.74, 6) is -1.32. The zero-order valence-electron chi connectivity index (χ0n) is 13.6. The number of hydrogen-bond acceptors (Lipinski definition) is 6. The Balaban J connectivity index is 2.27. The van der Waals surface area contributed by atoms with Gasteiger partial charge in [-0.1, -0.05) is 43.0 Å². The van der Waals surface area contributed by atoms with E-state index in [2.05, 4.69) is 11.3 Å². The fourth-order valence-electron chi connectivity index (χ4n) is 2.18. The molecule has 0 aromatic heterocycles. The summed E-state index contributed by atoms with van der Waals surface area (Å²) in [6.07, 6.45) is 1.39. The minimum Gasteiger partial charge on any atom is -0.458 e. The van der Waals surface area contributed by atoms with Crippen molar-refractivity contribution in [2.45, 2.75) is 5.75 Å². The van der Waals surface area contributed by atoms with E-state index in [4.69, 9.17) is 4.74 Å². The minimum atomic E-state index is -4.00. The molecule has 136 valence electrons. The molecule has 0 atom stereocenters. The average molecular weight is 376 g/mol. The van der Waals surface area contributed by atoms with E-state index in [0.29, 0.717) is 0 Å². The highest BCUT2D eigenvalue weighted by atomic mass is 32.2. The molecule has 2 aromatic carbocycles. The van der Waals surface area contributed by atoms with Crippen molar-refractivity contribution < 1.29 is 22.9 Å². The Kier molecular flexibility index (Phi) is 6.07. The van der Waals surface area contributed by atoms with Crippen molar-refractivity contribution in [1.29, 1.82) is 0 Å². The van der Waals surface area contributed by atoms with Crippen molar-refractivity contribution in [3.05, 3.63) is 82.4 Å². The van der Waals surface area contributed by atoms with Crippen LogP contribution in [-0.4, -0.2) is 25.9 Å². The molecule has 0 saturated heterocycles. The predicted octanol–water partition coefficient (Wildman–Crippen LogP) is 2.88. The lowest BCUT2D eigenvalue weighted by Gasteiger charge is -2.12. The second-order valence-electron chi connectivity index (χ2n) is 5.18. The van der Waals surface area contributed by atoms with Crippen LogP contribution < -0.4 is 4.72 Å². The molecule has 0 fully saturated rings. The van der Waals surface area contributed by atoms with Gasteiger partial charge < -0.3 is 4.74 Å². The lowest BCUT2D eigenvalue weighted by Crippen LogP contribution is -2.18. The molecule has 0 unspecified atom stereocenters. The van der Waals surface area contributed by atoms with Crippen LogP contribution in [0.3, 0.4) is 0 Å². The maximum Gasteiger partial charge on any atom is 0.340 e. The van der Waals surface area contributed by atoms with Crippen LogP contribution in [0.4, 0.5) is 11.4 Å². The molecule has 9 heteroatoms. The number of esters is 1. The van der Waals surface area contributed by atoms with Crippen LogP contribution in [0.15, 0.2) is 61.2 Å². The third kappa shape index (κ3) is 4.90. The molecule has 8 nitrogen and oxygen atoms in total. The van der Waals surface area contributed by atoms with Crippen molar-refractivity contribution in [3.8, 4) is 0 Å². The number of hydrogen-bond donors (Lipinski definition) is 1. The Bertz CT molecular complexity index is 940. The van der Waals surface area contributed by atoms with Crippen molar-refractivity contribution in [1.82, 2.24) is 0 Å². The number of carbonyl (C=O) groups is 1. The molecular weight excluding hydrogens is 360 g/mol. The van der Waals surface area contributed by atoms with E-state index in [0.717, 1.165) is 0 Å². The highest BCUT2D eigenvalue weighted by Gasteiger charge is 2.22. The van der Waals surface area contributed by atoms with Gasteiger partial charge in [-0.25, -0.2) is 13.2 Å². The van der Waals surface area contributed by atoms with Crippen molar-refractivity contribution in [2.75, 3.05) is 11.3 Å². The summed E-state index contributed by atoms with van der Waals surface area (Å²) in [7, 11) is -4.00. The smallest absolute Gasteiger partial charge is 0.340 e. The van der Waals surface area contributed by atoms with Crippen molar-refractivity contribution in [2.24, 2.45) is 0 Å². The molecule has 0 heterocycles. The van der Waals surface area contributed by atoms with Gasteiger partial charge in [0.2, 0.25) is 10.0 Å². The second kappa shape index (κ2) is 8.26. The average Bonchev–Trinajstić information content (AvgIpc) is 2.59. The summed E-state index contributed by atoms with van der Waals surface area (Å²) in [6.45, 7) is 3.42. The molecule has 0 saturated carbocycles. The largest absolute Gasteiger partial charge is 0.458 e. The van der Waals surface area contributed by atoms with Crippen molar-refractivity contribution >= 4 is 27.4 Å². The monoisotopic (exact) mass is 376 g/mol. The molecule has 0 radical (unpaired) electrons. The molecule has 2 rings (SSSR count). The molecule has 1 N–H and O–H groups in total. The summed E-state index contributed by atoms with van der Waals surface area (Å²) in [4.78, 5) is 22.4. The molecule has 0 amide bonds. The number of ether oxygens (including phenoxy) is 1. The molecule has 2 aromatic rings. The number of benzene rings is 2. The van der Waals surface area contributed by atoms with E-state index in [1.54, 1.807) is 12.1 Å². The number of para-hydroxylation sites is 2. The van der Waals surface area contributed by atoms with Crippen molar-refractivity contribution in [3.63, 3.8) is 0 Å². The maximum absolute atomic E-state index is 12.4. The van der Waals surface area contributed by atoms with Gasteiger partial charge >= 0.3 is 5.97 Å². The Hall–Kier alpha value is -3.20. The van der Waals surface area contributed by atoms with E-state index in [9.17, 15) is 23.3 Å². The number of nitrogens with one attached hydrogen (secondary N) is 1. The number of anilines is 1. The van der Waals surface area contributed by atoms with Gasteiger partial charge in [-0.05, 0) is 12.1 Å². The number of nitro groups is 1. The van der Waals surface area contributed by atoms with Crippen LogP contribution in [0.5, 0.6) is 0 Å². The van der Waals surface area contributed by atoms with Gasteiger partial charge in [0.05, 0.1) is 16.2 Å². The number of carbonyl (C=O) groups excluding carboxylic acids is 1. The number of nitrogens with zero attached hydrogens (tertiary/aromatic N) is 1. The molecule has 0 bridgehead atoms.